The summed E-state index contributed by atoms with van der Waals surface area (Å²) in [4.78, 5) is 7.18. The second kappa shape index (κ2) is 6.03. The zero-order chi connectivity index (χ0) is 14.9. The number of aromatic nitrogens is 1. The number of hydrogen-bond acceptors (Lipinski definition) is 4. The van der Waals surface area contributed by atoms with Crippen LogP contribution in [-0.4, -0.2) is 36.1 Å². The normalized spacial score (nSPS) is 19.4. The molecule has 1 heterocycles. The summed E-state index contributed by atoms with van der Waals surface area (Å²) in [7, 11) is 4.44. The lowest BCUT2D eigenvalue weighted by Crippen LogP contribution is -2.50. The number of rotatable bonds is 5. The topological polar surface area (TPSA) is 28.2 Å². The summed E-state index contributed by atoms with van der Waals surface area (Å²) in [5.74, 6) is 0. The first-order valence-electron chi connectivity index (χ1n) is 7.87. The Morgan fingerprint density at radius 3 is 2.67 bits per heavy atom. The van der Waals surface area contributed by atoms with E-state index in [4.69, 9.17) is 4.98 Å². The fourth-order valence-corrected chi connectivity index (χ4v) is 4.32. The van der Waals surface area contributed by atoms with Gasteiger partial charge in [0.2, 0.25) is 0 Å². The fraction of sp³-hybridized carbons (Fsp3) is 0.588. The highest BCUT2D eigenvalue weighted by atomic mass is 32.1. The quantitative estimate of drug-likeness (QED) is 0.910. The molecule has 1 atom stereocenters. The van der Waals surface area contributed by atoms with Crippen LogP contribution in [0.5, 0.6) is 0 Å². The molecule has 1 saturated carbocycles. The van der Waals surface area contributed by atoms with E-state index in [-0.39, 0.29) is 0 Å². The van der Waals surface area contributed by atoms with Crippen LogP contribution in [0, 0.1) is 0 Å². The number of benzene rings is 1. The van der Waals surface area contributed by atoms with Gasteiger partial charge in [-0.3, -0.25) is 0 Å². The molecule has 1 unspecified atom stereocenters. The smallest absolute Gasteiger partial charge is 0.111 e. The van der Waals surface area contributed by atoms with Crippen molar-refractivity contribution in [2.45, 2.75) is 44.2 Å². The zero-order valence-corrected chi connectivity index (χ0v) is 14.0. The molecule has 0 radical (unpaired) electrons. The molecule has 3 nitrogen and oxygen atoms in total. The highest BCUT2D eigenvalue weighted by Gasteiger charge is 2.36. The predicted octanol–water partition coefficient (Wildman–Crippen LogP) is 3.82. The molecule has 0 bridgehead atoms. The third kappa shape index (κ3) is 2.98. The number of hydrogen-bond donors (Lipinski definition) is 1. The van der Waals surface area contributed by atoms with Gasteiger partial charge in [0, 0.05) is 12.1 Å². The molecule has 0 saturated heterocycles. The van der Waals surface area contributed by atoms with Crippen LogP contribution in [0.25, 0.3) is 10.2 Å². The molecule has 2 aromatic rings. The number of thiazole rings is 1. The maximum absolute atomic E-state index is 4.77. The summed E-state index contributed by atoms with van der Waals surface area (Å²) in [6.45, 7) is 3.28. The van der Waals surface area contributed by atoms with Crippen LogP contribution in [0.3, 0.4) is 0 Å². The van der Waals surface area contributed by atoms with Crippen molar-refractivity contribution in [2.75, 3.05) is 20.6 Å². The Morgan fingerprint density at radius 1 is 1.29 bits per heavy atom. The van der Waals surface area contributed by atoms with Crippen LogP contribution in [-0.2, 0) is 0 Å². The van der Waals surface area contributed by atoms with Crippen LogP contribution in [0.4, 0.5) is 0 Å². The van der Waals surface area contributed by atoms with Gasteiger partial charge in [-0.2, -0.15) is 0 Å². The van der Waals surface area contributed by atoms with E-state index in [1.807, 2.05) is 11.3 Å². The van der Waals surface area contributed by atoms with Crippen LogP contribution in [0.1, 0.15) is 43.7 Å². The molecule has 1 aromatic heterocycles. The van der Waals surface area contributed by atoms with Gasteiger partial charge in [0.05, 0.1) is 16.3 Å². The second-order valence-electron chi connectivity index (χ2n) is 6.45. The molecular weight excluding hydrogens is 278 g/mol. The molecule has 1 N–H and O–H groups in total. The van der Waals surface area contributed by atoms with Crippen molar-refractivity contribution in [2.24, 2.45) is 0 Å². The van der Waals surface area contributed by atoms with Crippen molar-refractivity contribution in [1.82, 2.24) is 15.2 Å². The highest BCUT2D eigenvalue weighted by Crippen LogP contribution is 2.34. The average molecular weight is 303 g/mol. The summed E-state index contributed by atoms with van der Waals surface area (Å²) < 4.78 is 1.28. The maximum Gasteiger partial charge on any atom is 0.111 e. The van der Waals surface area contributed by atoms with E-state index in [1.54, 1.807) is 0 Å². The lowest BCUT2D eigenvalue weighted by Gasteiger charge is -2.37. The van der Waals surface area contributed by atoms with E-state index < -0.39 is 0 Å². The zero-order valence-electron chi connectivity index (χ0n) is 13.2. The Bertz CT molecular complexity index is 566. The van der Waals surface area contributed by atoms with Gasteiger partial charge in [0.1, 0.15) is 5.01 Å². The van der Waals surface area contributed by atoms with E-state index in [9.17, 15) is 0 Å². The Balaban J connectivity index is 1.69. The minimum atomic E-state index is 0.319. The van der Waals surface area contributed by atoms with Gasteiger partial charge in [-0.1, -0.05) is 25.0 Å². The Morgan fingerprint density at radius 2 is 2.00 bits per heavy atom. The first-order chi connectivity index (χ1) is 10.1. The molecule has 0 spiro atoms. The predicted molar refractivity (Wildman–Crippen MR) is 90.9 cm³/mol. The van der Waals surface area contributed by atoms with Crippen LogP contribution < -0.4 is 5.32 Å². The lowest BCUT2D eigenvalue weighted by molar-refractivity contribution is 0.150. The maximum atomic E-state index is 4.77. The minimum absolute atomic E-state index is 0.319. The molecule has 0 amide bonds. The number of nitrogens with zero attached hydrogens (tertiary/aromatic N) is 2. The first-order valence-corrected chi connectivity index (χ1v) is 8.69. The van der Waals surface area contributed by atoms with Crippen molar-refractivity contribution in [3.05, 3.63) is 29.3 Å². The Hall–Kier alpha value is -0.970. The van der Waals surface area contributed by atoms with Crippen LogP contribution >= 0.6 is 11.3 Å². The van der Waals surface area contributed by atoms with E-state index in [0.29, 0.717) is 11.6 Å². The highest BCUT2D eigenvalue weighted by molar-refractivity contribution is 7.18. The molecule has 114 valence electrons. The molecule has 1 aromatic carbocycles. The van der Waals surface area contributed by atoms with Gasteiger partial charge >= 0.3 is 0 Å². The van der Waals surface area contributed by atoms with Crippen molar-refractivity contribution in [1.29, 1.82) is 0 Å². The number of nitrogens with one attached hydrogen (secondary N) is 1. The molecule has 4 heteroatoms. The van der Waals surface area contributed by atoms with E-state index in [2.05, 4.69) is 55.5 Å². The third-order valence-corrected chi connectivity index (χ3v) is 6.12. The molecule has 1 aliphatic rings. The second-order valence-corrected chi connectivity index (χ2v) is 7.51. The van der Waals surface area contributed by atoms with Gasteiger partial charge in [-0.05, 0) is 46.0 Å². The van der Waals surface area contributed by atoms with Gasteiger partial charge in [-0.25, -0.2) is 4.98 Å². The van der Waals surface area contributed by atoms with Crippen LogP contribution in [0.2, 0.25) is 0 Å². The lowest BCUT2D eigenvalue weighted by atomic mass is 9.95. The molecule has 21 heavy (non-hydrogen) atoms. The van der Waals surface area contributed by atoms with E-state index in [1.165, 1.54) is 35.4 Å². The first kappa shape index (κ1) is 14.9. The molecular formula is C17H25N3S. The van der Waals surface area contributed by atoms with Crippen molar-refractivity contribution in [3.8, 4) is 0 Å². The van der Waals surface area contributed by atoms with E-state index in [0.717, 1.165) is 12.1 Å². The molecule has 1 fully saturated rings. The minimum Gasteiger partial charge on any atom is -0.306 e. The Labute approximate surface area is 131 Å². The molecule has 1 aliphatic carbocycles. The van der Waals surface area contributed by atoms with Crippen LogP contribution in [0.15, 0.2) is 24.3 Å². The van der Waals surface area contributed by atoms with Gasteiger partial charge < -0.3 is 10.2 Å². The molecule has 0 aliphatic heterocycles. The molecule has 3 rings (SSSR count). The van der Waals surface area contributed by atoms with Gasteiger partial charge in [-0.15, -0.1) is 11.3 Å². The summed E-state index contributed by atoms with van der Waals surface area (Å²) in [6, 6.07) is 8.72. The summed E-state index contributed by atoms with van der Waals surface area (Å²) in [5.41, 5.74) is 1.46. The SMILES string of the molecule is CC(NCC1(N(C)C)CCCC1)c1nc2ccccc2s1. The third-order valence-electron chi connectivity index (χ3n) is 4.90. The Kier molecular flexibility index (Phi) is 4.29. The summed E-state index contributed by atoms with van der Waals surface area (Å²) >= 11 is 1.81. The van der Waals surface area contributed by atoms with Gasteiger partial charge in [0.25, 0.3) is 0 Å². The summed E-state index contributed by atoms with van der Waals surface area (Å²) in [6.07, 6.45) is 5.32. The van der Waals surface area contributed by atoms with Crippen molar-refractivity contribution < 1.29 is 0 Å². The number of fused-ring (bicyclic) bond motifs is 1. The standard InChI is InChI=1S/C17H25N3S/c1-13(16-19-14-8-4-5-9-15(14)21-16)18-12-17(20(2)3)10-6-7-11-17/h4-5,8-9,13,18H,6-7,10-12H2,1-3H3. The number of para-hydroxylation sites is 1. The average Bonchev–Trinajstić information content (AvgIpc) is 3.12. The van der Waals surface area contributed by atoms with Crippen molar-refractivity contribution in [3.63, 3.8) is 0 Å². The monoisotopic (exact) mass is 303 g/mol. The van der Waals surface area contributed by atoms with E-state index >= 15 is 0 Å². The fourth-order valence-electron chi connectivity index (χ4n) is 3.32. The summed E-state index contributed by atoms with van der Waals surface area (Å²) in [5, 5.41) is 4.93. The van der Waals surface area contributed by atoms with Crippen molar-refractivity contribution >= 4 is 21.6 Å². The number of likely N-dealkylation sites (N-methyl/N-ethyl adjacent to an activating group) is 1. The largest absolute Gasteiger partial charge is 0.306 e. The van der Waals surface area contributed by atoms with Gasteiger partial charge in [0.15, 0.2) is 0 Å².